The molecule has 2 unspecified atom stereocenters. The molecule has 0 aliphatic carbocycles. The molecule has 16 heavy (non-hydrogen) atoms. The number of benzene rings is 1. The predicted octanol–water partition coefficient (Wildman–Crippen LogP) is 0.753. The van der Waals surface area contributed by atoms with Crippen molar-refractivity contribution in [2.75, 3.05) is 13.1 Å². The fraction of sp³-hybridized carbons (Fsp3) is 0.538. The number of hydrogen-bond acceptors (Lipinski definition) is 3. The Labute approximate surface area is 96.9 Å². The van der Waals surface area contributed by atoms with E-state index in [1.807, 2.05) is 6.92 Å². The van der Waals surface area contributed by atoms with E-state index in [0.717, 1.165) is 19.5 Å². The number of hydrogen-bond donors (Lipinski definition) is 2. The number of β-amino-alcohol motifs (C(OH)–C–C–N with tert-alkyl or cyclic N) is 1. The van der Waals surface area contributed by atoms with E-state index in [2.05, 4.69) is 29.2 Å². The summed E-state index contributed by atoms with van der Waals surface area (Å²) < 4.78 is 0. The Morgan fingerprint density at radius 1 is 1.38 bits per heavy atom. The molecule has 0 fully saturated rings. The number of aliphatic hydroxyl groups excluding tert-OH is 1. The van der Waals surface area contributed by atoms with Crippen LogP contribution in [0.5, 0.6) is 0 Å². The zero-order chi connectivity index (χ0) is 11.5. The zero-order valence-electron chi connectivity index (χ0n) is 9.76. The van der Waals surface area contributed by atoms with Gasteiger partial charge in [0.25, 0.3) is 0 Å². The summed E-state index contributed by atoms with van der Waals surface area (Å²) in [5.41, 5.74) is 8.49. The molecule has 0 radical (unpaired) electrons. The maximum absolute atomic E-state index is 9.76. The SMILES string of the molecule is CC(N)C(O)CN1CCc2ccccc2C1. The number of nitrogens with two attached hydrogens (primary N) is 1. The molecule has 1 aliphatic heterocycles. The molecule has 3 N–H and O–H groups in total. The smallest absolute Gasteiger partial charge is 0.0815 e. The summed E-state index contributed by atoms with van der Waals surface area (Å²) in [6.45, 7) is 4.47. The second kappa shape index (κ2) is 4.95. The Balaban J connectivity index is 1.98. The predicted molar refractivity (Wildman–Crippen MR) is 65.1 cm³/mol. The van der Waals surface area contributed by atoms with E-state index in [0.29, 0.717) is 6.54 Å². The Bertz CT molecular complexity index is 352. The van der Waals surface area contributed by atoms with Crippen LogP contribution in [0.1, 0.15) is 18.1 Å². The van der Waals surface area contributed by atoms with Crippen LogP contribution in [0.2, 0.25) is 0 Å². The lowest BCUT2D eigenvalue weighted by atomic mass is 9.99. The van der Waals surface area contributed by atoms with Gasteiger partial charge in [-0.05, 0) is 24.5 Å². The summed E-state index contributed by atoms with van der Waals surface area (Å²) in [4.78, 5) is 2.27. The highest BCUT2D eigenvalue weighted by atomic mass is 16.3. The van der Waals surface area contributed by atoms with Gasteiger partial charge in [0.2, 0.25) is 0 Å². The lowest BCUT2D eigenvalue weighted by Crippen LogP contribution is -2.43. The summed E-state index contributed by atoms with van der Waals surface area (Å²) >= 11 is 0. The van der Waals surface area contributed by atoms with Gasteiger partial charge >= 0.3 is 0 Å². The second-order valence-corrected chi connectivity index (χ2v) is 4.68. The number of aliphatic hydroxyl groups is 1. The highest BCUT2D eigenvalue weighted by molar-refractivity contribution is 5.29. The van der Waals surface area contributed by atoms with Crippen LogP contribution in [0, 0.1) is 0 Å². The zero-order valence-corrected chi connectivity index (χ0v) is 9.76. The van der Waals surface area contributed by atoms with Crippen LogP contribution in [0.15, 0.2) is 24.3 Å². The topological polar surface area (TPSA) is 49.5 Å². The third-order valence-electron chi connectivity index (χ3n) is 3.26. The maximum atomic E-state index is 9.76. The molecule has 2 rings (SSSR count). The lowest BCUT2D eigenvalue weighted by Gasteiger charge is -2.31. The van der Waals surface area contributed by atoms with E-state index in [-0.39, 0.29) is 6.04 Å². The van der Waals surface area contributed by atoms with Crippen LogP contribution in [0.3, 0.4) is 0 Å². The van der Waals surface area contributed by atoms with Crippen molar-refractivity contribution in [1.29, 1.82) is 0 Å². The Kier molecular flexibility index (Phi) is 3.59. The Morgan fingerprint density at radius 3 is 2.75 bits per heavy atom. The average molecular weight is 220 g/mol. The van der Waals surface area contributed by atoms with Gasteiger partial charge in [-0.1, -0.05) is 24.3 Å². The van der Waals surface area contributed by atoms with Gasteiger partial charge in [-0.3, -0.25) is 4.90 Å². The van der Waals surface area contributed by atoms with E-state index < -0.39 is 6.10 Å². The summed E-state index contributed by atoms with van der Waals surface area (Å²) in [5.74, 6) is 0. The van der Waals surface area contributed by atoms with Gasteiger partial charge in [-0.25, -0.2) is 0 Å². The molecule has 0 amide bonds. The van der Waals surface area contributed by atoms with Crippen molar-refractivity contribution in [3.8, 4) is 0 Å². The van der Waals surface area contributed by atoms with Crippen LogP contribution in [0.4, 0.5) is 0 Å². The van der Waals surface area contributed by atoms with E-state index in [4.69, 9.17) is 5.73 Å². The molecule has 0 saturated heterocycles. The Hall–Kier alpha value is -0.900. The first-order chi connectivity index (χ1) is 7.66. The first-order valence-electron chi connectivity index (χ1n) is 5.89. The van der Waals surface area contributed by atoms with Crippen LogP contribution in [0.25, 0.3) is 0 Å². The quantitative estimate of drug-likeness (QED) is 0.790. The van der Waals surface area contributed by atoms with E-state index in [1.165, 1.54) is 11.1 Å². The molecule has 1 aliphatic rings. The number of fused-ring (bicyclic) bond motifs is 1. The summed E-state index contributed by atoms with van der Waals surface area (Å²) in [5, 5.41) is 9.76. The van der Waals surface area contributed by atoms with Crippen molar-refractivity contribution in [2.45, 2.75) is 32.0 Å². The number of rotatable bonds is 3. The molecule has 0 spiro atoms. The van der Waals surface area contributed by atoms with Gasteiger partial charge < -0.3 is 10.8 Å². The van der Waals surface area contributed by atoms with Crippen LogP contribution in [-0.2, 0) is 13.0 Å². The molecule has 0 bridgehead atoms. The lowest BCUT2D eigenvalue weighted by molar-refractivity contribution is 0.0895. The molecule has 1 aromatic rings. The van der Waals surface area contributed by atoms with E-state index in [9.17, 15) is 5.11 Å². The van der Waals surface area contributed by atoms with Crippen molar-refractivity contribution < 1.29 is 5.11 Å². The summed E-state index contributed by atoms with van der Waals surface area (Å²) in [6.07, 6.45) is 0.646. The monoisotopic (exact) mass is 220 g/mol. The molecular weight excluding hydrogens is 200 g/mol. The van der Waals surface area contributed by atoms with Crippen molar-refractivity contribution in [3.63, 3.8) is 0 Å². The fourth-order valence-electron chi connectivity index (χ4n) is 2.14. The molecule has 88 valence electrons. The molecular formula is C13H20N2O. The molecule has 1 aromatic carbocycles. The highest BCUT2D eigenvalue weighted by Gasteiger charge is 2.19. The van der Waals surface area contributed by atoms with Gasteiger partial charge in [-0.2, -0.15) is 0 Å². The van der Waals surface area contributed by atoms with Crippen LogP contribution >= 0.6 is 0 Å². The van der Waals surface area contributed by atoms with Gasteiger partial charge in [0.1, 0.15) is 0 Å². The van der Waals surface area contributed by atoms with Gasteiger partial charge in [-0.15, -0.1) is 0 Å². The van der Waals surface area contributed by atoms with Crippen molar-refractivity contribution >= 4 is 0 Å². The van der Waals surface area contributed by atoms with Gasteiger partial charge in [0.15, 0.2) is 0 Å². The molecule has 0 aromatic heterocycles. The molecule has 3 heteroatoms. The minimum atomic E-state index is -0.426. The van der Waals surface area contributed by atoms with E-state index in [1.54, 1.807) is 0 Å². The average Bonchev–Trinajstić information content (AvgIpc) is 2.28. The standard InChI is InChI=1S/C13H20N2O/c1-10(14)13(16)9-15-7-6-11-4-2-3-5-12(11)8-15/h2-5,10,13,16H,6-9,14H2,1H3. The normalized spacial score (nSPS) is 20.2. The third kappa shape index (κ3) is 2.61. The third-order valence-corrected chi connectivity index (χ3v) is 3.26. The first-order valence-corrected chi connectivity index (χ1v) is 5.89. The second-order valence-electron chi connectivity index (χ2n) is 4.68. The Morgan fingerprint density at radius 2 is 2.06 bits per heavy atom. The maximum Gasteiger partial charge on any atom is 0.0815 e. The largest absolute Gasteiger partial charge is 0.390 e. The summed E-state index contributed by atoms with van der Waals surface area (Å²) in [6, 6.07) is 8.36. The molecule has 0 saturated carbocycles. The molecule has 2 atom stereocenters. The van der Waals surface area contributed by atoms with E-state index >= 15 is 0 Å². The molecule has 3 nitrogen and oxygen atoms in total. The minimum absolute atomic E-state index is 0.155. The fourth-order valence-corrected chi connectivity index (χ4v) is 2.14. The van der Waals surface area contributed by atoms with Crippen LogP contribution in [-0.4, -0.2) is 35.2 Å². The van der Waals surface area contributed by atoms with Gasteiger partial charge in [0.05, 0.1) is 6.10 Å². The van der Waals surface area contributed by atoms with Gasteiger partial charge in [0, 0.05) is 25.7 Å². The van der Waals surface area contributed by atoms with Crippen molar-refractivity contribution in [3.05, 3.63) is 35.4 Å². The minimum Gasteiger partial charge on any atom is -0.390 e. The summed E-state index contributed by atoms with van der Waals surface area (Å²) in [7, 11) is 0. The van der Waals surface area contributed by atoms with Crippen molar-refractivity contribution in [1.82, 2.24) is 4.90 Å². The first kappa shape index (κ1) is 11.6. The molecule has 1 heterocycles. The highest BCUT2D eigenvalue weighted by Crippen LogP contribution is 2.18. The van der Waals surface area contributed by atoms with Crippen LogP contribution < -0.4 is 5.73 Å². The number of nitrogens with zero attached hydrogens (tertiary/aromatic N) is 1. The van der Waals surface area contributed by atoms with Crippen molar-refractivity contribution in [2.24, 2.45) is 5.73 Å².